The molecule has 0 radical (unpaired) electrons. The van der Waals surface area contributed by atoms with Crippen molar-refractivity contribution in [3.8, 4) is 0 Å². The summed E-state index contributed by atoms with van der Waals surface area (Å²) in [4.78, 5) is 36.7. The van der Waals surface area contributed by atoms with Gasteiger partial charge < -0.3 is 15.9 Å². The first-order valence-corrected chi connectivity index (χ1v) is 5.95. The fourth-order valence-corrected chi connectivity index (χ4v) is 3.41. The van der Waals surface area contributed by atoms with E-state index in [9.17, 15) is 19.5 Å². The molecule has 0 aliphatic carbocycles. The molecule has 3 atom stereocenters. The van der Waals surface area contributed by atoms with Gasteiger partial charge in [0.15, 0.2) is 0 Å². The Labute approximate surface area is 120 Å². The van der Waals surface area contributed by atoms with Crippen molar-refractivity contribution in [3.63, 3.8) is 0 Å². The molecule has 3 aliphatic heterocycles. The summed E-state index contributed by atoms with van der Waals surface area (Å²) in [6.07, 6.45) is -0.703. The lowest BCUT2D eigenvalue weighted by Gasteiger charge is -2.49. The van der Waals surface area contributed by atoms with E-state index in [1.54, 1.807) is 0 Å². The minimum Gasteiger partial charge on any atom is -0.477 e. The second-order valence-electron chi connectivity index (χ2n) is 5.00. The number of nitrogens with zero attached hydrogens (tertiary/aromatic N) is 2. The number of carbonyl (C=O) groups is 3. The summed E-state index contributed by atoms with van der Waals surface area (Å²) < 4.78 is 0. The molecule has 0 bridgehead atoms. The van der Waals surface area contributed by atoms with Crippen LogP contribution < -0.4 is 5.73 Å². The molecule has 0 aromatic carbocycles. The largest absolute Gasteiger partial charge is 0.477 e. The molecule has 20 heavy (non-hydrogen) atoms. The van der Waals surface area contributed by atoms with Gasteiger partial charge in [-0.15, -0.1) is 12.4 Å². The fraction of sp³-hybridized carbons (Fsp3) is 0.545. The average Bonchev–Trinajstić information content (AvgIpc) is 2.72. The molecule has 3 rings (SSSR count). The molecule has 2 amide bonds. The van der Waals surface area contributed by atoms with Crippen LogP contribution >= 0.6 is 12.4 Å². The van der Waals surface area contributed by atoms with E-state index in [1.807, 2.05) is 0 Å². The third-order valence-corrected chi connectivity index (χ3v) is 4.14. The van der Waals surface area contributed by atoms with Crippen LogP contribution in [0.4, 0.5) is 4.79 Å². The van der Waals surface area contributed by atoms with Crippen molar-refractivity contribution in [2.24, 2.45) is 11.7 Å². The zero-order chi connectivity index (χ0) is 13.9. The van der Waals surface area contributed by atoms with Gasteiger partial charge in [0.05, 0.1) is 6.04 Å². The van der Waals surface area contributed by atoms with Gasteiger partial charge in [-0.3, -0.25) is 14.6 Å². The molecule has 2 saturated heterocycles. The molecule has 8 nitrogen and oxygen atoms in total. The Morgan fingerprint density at radius 3 is 2.50 bits per heavy atom. The van der Waals surface area contributed by atoms with E-state index >= 15 is 0 Å². The summed E-state index contributed by atoms with van der Waals surface area (Å²) in [5, 5.41) is 18.3. The normalized spacial score (nSPS) is 30.6. The minimum absolute atomic E-state index is 0. The number of rotatable bonds is 2. The monoisotopic (exact) mass is 303 g/mol. The highest BCUT2D eigenvalue weighted by Crippen LogP contribution is 2.46. The second-order valence-corrected chi connectivity index (χ2v) is 5.00. The number of aliphatic carboxylic acids is 1. The van der Waals surface area contributed by atoms with E-state index in [1.165, 1.54) is 4.90 Å². The molecule has 0 aromatic rings. The van der Waals surface area contributed by atoms with Crippen LogP contribution in [-0.4, -0.2) is 63.2 Å². The van der Waals surface area contributed by atoms with Gasteiger partial charge in [0.1, 0.15) is 11.7 Å². The number of nitrogens with two attached hydrogens (primary N) is 1. The number of carbonyl (C=O) groups excluding carboxylic acids is 1. The highest BCUT2D eigenvalue weighted by molar-refractivity contribution is 6.02. The molecule has 9 heteroatoms. The summed E-state index contributed by atoms with van der Waals surface area (Å²) >= 11 is 0. The molecule has 110 valence electrons. The van der Waals surface area contributed by atoms with Crippen molar-refractivity contribution >= 4 is 30.4 Å². The Kier molecular flexibility index (Phi) is 3.39. The Bertz CT molecular complexity index is 534. The predicted octanol–water partition coefficient (Wildman–Crippen LogP) is -0.702. The number of amides is 2. The molecule has 0 saturated carbocycles. The van der Waals surface area contributed by atoms with Crippen molar-refractivity contribution in [2.45, 2.75) is 18.5 Å². The molecule has 0 spiro atoms. The summed E-state index contributed by atoms with van der Waals surface area (Å²) in [6, 6.07) is -1.07. The first-order chi connectivity index (χ1) is 8.97. The quantitative estimate of drug-likeness (QED) is 0.579. The van der Waals surface area contributed by atoms with Crippen LogP contribution in [0.1, 0.15) is 6.42 Å². The lowest BCUT2D eigenvalue weighted by Crippen LogP contribution is -2.69. The van der Waals surface area contributed by atoms with Gasteiger partial charge in [-0.1, -0.05) is 0 Å². The predicted molar refractivity (Wildman–Crippen MR) is 68.2 cm³/mol. The number of β-lactam (4-membered cyclic amide) rings is 1. The molecule has 0 unspecified atom stereocenters. The number of carboxylic acid groups (broad SMARTS) is 2. The number of hydrogen-bond acceptors (Lipinski definition) is 4. The average molecular weight is 304 g/mol. The van der Waals surface area contributed by atoms with Crippen LogP contribution in [-0.2, 0) is 9.59 Å². The first kappa shape index (κ1) is 14.6. The maximum atomic E-state index is 12.0. The SMILES string of the molecule is Cl.NCC1=C(C(=O)O)N2C(=O)[C@@H]3[C@H]2[C@H](C1)CN3C(=O)O. The summed E-state index contributed by atoms with van der Waals surface area (Å²) in [7, 11) is 0. The lowest BCUT2D eigenvalue weighted by molar-refractivity contribution is -0.156. The Morgan fingerprint density at radius 2 is 2.00 bits per heavy atom. The number of likely N-dealkylation sites (tertiary alicyclic amines) is 1. The molecule has 3 heterocycles. The number of halogens is 1. The third kappa shape index (κ3) is 1.61. The van der Waals surface area contributed by atoms with Crippen molar-refractivity contribution in [2.75, 3.05) is 13.1 Å². The van der Waals surface area contributed by atoms with Gasteiger partial charge in [-0.2, -0.15) is 0 Å². The third-order valence-electron chi connectivity index (χ3n) is 4.14. The van der Waals surface area contributed by atoms with Crippen LogP contribution in [0.25, 0.3) is 0 Å². The van der Waals surface area contributed by atoms with Crippen LogP contribution in [0.3, 0.4) is 0 Å². The Hall–Kier alpha value is -1.80. The first-order valence-electron chi connectivity index (χ1n) is 5.95. The van der Waals surface area contributed by atoms with Crippen molar-refractivity contribution < 1.29 is 24.6 Å². The van der Waals surface area contributed by atoms with Gasteiger partial charge >= 0.3 is 12.1 Å². The standard InChI is InChI=1S/C11H13N3O5.ClH/c12-2-4-1-5-3-13(11(18)19)8-6(5)14(9(8)15)7(4)10(16)17;/h5-6,8H,1-3,12H2,(H,16,17)(H,18,19);1H/t5-,6-,8+;/m1./s1. The smallest absolute Gasteiger partial charge is 0.408 e. The van der Waals surface area contributed by atoms with Gasteiger partial charge in [0, 0.05) is 19.0 Å². The molecule has 4 N–H and O–H groups in total. The summed E-state index contributed by atoms with van der Waals surface area (Å²) in [5.41, 5.74) is 5.99. The van der Waals surface area contributed by atoms with E-state index in [-0.39, 0.29) is 43.2 Å². The highest BCUT2D eigenvalue weighted by atomic mass is 35.5. The van der Waals surface area contributed by atoms with E-state index in [0.717, 1.165) is 4.90 Å². The molecule has 0 aromatic heterocycles. The van der Waals surface area contributed by atoms with Crippen molar-refractivity contribution in [1.29, 1.82) is 0 Å². The topological polar surface area (TPSA) is 124 Å². The maximum absolute atomic E-state index is 12.0. The van der Waals surface area contributed by atoms with Gasteiger partial charge in [-0.25, -0.2) is 9.59 Å². The molecule has 2 fully saturated rings. The van der Waals surface area contributed by atoms with Crippen LogP contribution in [0.5, 0.6) is 0 Å². The molecule has 3 aliphatic rings. The van der Waals surface area contributed by atoms with Crippen LogP contribution in [0.15, 0.2) is 11.3 Å². The summed E-state index contributed by atoms with van der Waals surface area (Å²) in [6.45, 7) is 0.315. The van der Waals surface area contributed by atoms with E-state index in [2.05, 4.69) is 0 Å². The summed E-state index contributed by atoms with van der Waals surface area (Å²) in [5.74, 6) is -1.70. The van der Waals surface area contributed by atoms with Gasteiger partial charge in [0.25, 0.3) is 5.91 Å². The van der Waals surface area contributed by atoms with Crippen molar-refractivity contribution in [1.82, 2.24) is 9.80 Å². The second kappa shape index (κ2) is 4.64. The van der Waals surface area contributed by atoms with Gasteiger partial charge in [-0.05, 0) is 12.0 Å². The lowest BCUT2D eigenvalue weighted by atomic mass is 9.79. The number of carboxylic acids is 1. The van der Waals surface area contributed by atoms with Crippen molar-refractivity contribution in [3.05, 3.63) is 11.3 Å². The zero-order valence-electron chi connectivity index (χ0n) is 10.4. The van der Waals surface area contributed by atoms with E-state index in [0.29, 0.717) is 12.0 Å². The van der Waals surface area contributed by atoms with E-state index < -0.39 is 24.0 Å². The Balaban J connectivity index is 0.00000147. The van der Waals surface area contributed by atoms with Crippen LogP contribution in [0.2, 0.25) is 0 Å². The Morgan fingerprint density at radius 1 is 1.35 bits per heavy atom. The maximum Gasteiger partial charge on any atom is 0.408 e. The zero-order valence-corrected chi connectivity index (χ0v) is 11.2. The number of hydrogen-bond donors (Lipinski definition) is 3. The van der Waals surface area contributed by atoms with Crippen LogP contribution in [0, 0.1) is 5.92 Å². The minimum atomic E-state index is -1.18. The van der Waals surface area contributed by atoms with Gasteiger partial charge in [0.2, 0.25) is 0 Å². The fourth-order valence-electron chi connectivity index (χ4n) is 3.41. The molecular formula is C11H14ClN3O5. The molecular weight excluding hydrogens is 290 g/mol. The van der Waals surface area contributed by atoms with E-state index in [4.69, 9.17) is 10.8 Å². The highest BCUT2D eigenvalue weighted by Gasteiger charge is 2.64.